The van der Waals surface area contributed by atoms with Gasteiger partial charge in [0.25, 0.3) is 5.91 Å². The Morgan fingerprint density at radius 3 is 2.15 bits per heavy atom. The van der Waals surface area contributed by atoms with Crippen molar-refractivity contribution in [1.82, 2.24) is 10.3 Å². The van der Waals surface area contributed by atoms with Crippen LogP contribution >= 0.6 is 0 Å². The van der Waals surface area contributed by atoms with Gasteiger partial charge >= 0.3 is 0 Å². The van der Waals surface area contributed by atoms with E-state index < -0.39 is 0 Å². The first-order valence-electron chi connectivity index (χ1n) is 9.19. The molecule has 1 amide bonds. The van der Waals surface area contributed by atoms with Gasteiger partial charge in [-0.05, 0) is 61.2 Å². The zero-order valence-corrected chi connectivity index (χ0v) is 15.7. The minimum Gasteiger partial charge on any atom is -0.494 e. The van der Waals surface area contributed by atoms with Gasteiger partial charge in [0, 0.05) is 24.0 Å². The van der Waals surface area contributed by atoms with Crippen LogP contribution in [-0.2, 0) is 6.42 Å². The van der Waals surface area contributed by atoms with Crippen LogP contribution in [0.25, 0.3) is 11.1 Å². The standard InChI is InChI=1S/C23H24N2O2/c1-3-27-22-10-8-20(9-11-22)19-6-4-18(5-7-19)16-17(2)25-23(26)21-12-14-24-15-13-21/h4-15,17H,3,16H2,1-2H3,(H,25,26). The molecule has 1 heterocycles. The third-order valence-electron chi connectivity index (χ3n) is 4.31. The van der Waals surface area contributed by atoms with Crippen LogP contribution in [0.1, 0.15) is 29.8 Å². The van der Waals surface area contributed by atoms with E-state index in [4.69, 9.17) is 4.74 Å². The monoisotopic (exact) mass is 360 g/mol. The van der Waals surface area contributed by atoms with E-state index in [1.54, 1.807) is 24.5 Å². The van der Waals surface area contributed by atoms with Crippen LogP contribution in [0.15, 0.2) is 73.1 Å². The number of aromatic nitrogens is 1. The van der Waals surface area contributed by atoms with Crippen molar-refractivity contribution in [2.75, 3.05) is 6.61 Å². The Bertz CT molecular complexity index is 859. The van der Waals surface area contributed by atoms with Crippen molar-refractivity contribution in [3.63, 3.8) is 0 Å². The lowest BCUT2D eigenvalue weighted by Gasteiger charge is -2.14. The summed E-state index contributed by atoms with van der Waals surface area (Å²) in [5, 5.41) is 3.03. The van der Waals surface area contributed by atoms with E-state index in [2.05, 4.69) is 46.7 Å². The van der Waals surface area contributed by atoms with Crippen LogP contribution in [-0.4, -0.2) is 23.5 Å². The predicted octanol–water partition coefficient (Wildman–Crippen LogP) is 4.51. The number of carbonyl (C=O) groups excluding carboxylic acids is 1. The zero-order valence-electron chi connectivity index (χ0n) is 15.7. The van der Waals surface area contributed by atoms with Crippen molar-refractivity contribution < 1.29 is 9.53 Å². The Morgan fingerprint density at radius 2 is 1.56 bits per heavy atom. The minimum atomic E-state index is -0.0732. The summed E-state index contributed by atoms with van der Waals surface area (Å²) in [4.78, 5) is 16.1. The van der Waals surface area contributed by atoms with Gasteiger partial charge in [-0.1, -0.05) is 36.4 Å². The molecule has 0 saturated heterocycles. The van der Waals surface area contributed by atoms with E-state index in [0.29, 0.717) is 12.2 Å². The van der Waals surface area contributed by atoms with Crippen LogP contribution < -0.4 is 10.1 Å². The molecule has 27 heavy (non-hydrogen) atoms. The predicted molar refractivity (Wildman–Crippen MR) is 108 cm³/mol. The summed E-state index contributed by atoms with van der Waals surface area (Å²) in [6.07, 6.45) is 4.03. The van der Waals surface area contributed by atoms with E-state index >= 15 is 0 Å². The lowest BCUT2D eigenvalue weighted by atomic mass is 10.0. The van der Waals surface area contributed by atoms with Gasteiger partial charge in [0.2, 0.25) is 0 Å². The highest BCUT2D eigenvalue weighted by atomic mass is 16.5. The van der Waals surface area contributed by atoms with Crippen LogP contribution in [0.2, 0.25) is 0 Å². The average Bonchev–Trinajstić information content (AvgIpc) is 2.70. The highest BCUT2D eigenvalue weighted by Crippen LogP contribution is 2.23. The molecule has 0 bridgehead atoms. The number of carbonyl (C=O) groups is 1. The number of hydrogen-bond acceptors (Lipinski definition) is 3. The van der Waals surface area contributed by atoms with Crippen molar-refractivity contribution in [3.05, 3.63) is 84.2 Å². The number of ether oxygens (including phenoxy) is 1. The number of pyridine rings is 1. The summed E-state index contributed by atoms with van der Waals surface area (Å²) in [6.45, 7) is 4.66. The molecule has 1 N–H and O–H groups in total. The molecule has 0 aliphatic carbocycles. The van der Waals surface area contributed by atoms with Crippen LogP contribution in [0.5, 0.6) is 5.75 Å². The molecular formula is C23H24N2O2. The Kier molecular flexibility index (Phi) is 6.21. The molecular weight excluding hydrogens is 336 g/mol. The molecule has 3 aromatic rings. The summed E-state index contributed by atoms with van der Waals surface area (Å²) in [5.41, 5.74) is 4.13. The fraction of sp³-hybridized carbons (Fsp3) is 0.217. The number of hydrogen-bond donors (Lipinski definition) is 1. The fourth-order valence-electron chi connectivity index (χ4n) is 2.96. The number of amides is 1. The maximum Gasteiger partial charge on any atom is 0.251 e. The third-order valence-corrected chi connectivity index (χ3v) is 4.31. The lowest BCUT2D eigenvalue weighted by Crippen LogP contribution is -2.34. The van der Waals surface area contributed by atoms with Gasteiger partial charge < -0.3 is 10.1 Å². The molecule has 0 radical (unpaired) electrons. The first-order valence-corrected chi connectivity index (χ1v) is 9.19. The molecule has 2 aromatic carbocycles. The van der Waals surface area contributed by atoms with Crippen molar-refractivity contribution in [3.8, 4) is 16.9 Å². The molecule has 1 aromatic heterocycles. The molecule has 0 aliphatic rings. The zero-order chi connectivity index (χ0) is 19.1. The van der Waals surface area contributed by atoms with Crippen LogP contribution in [0.3, 0.4) is 0 Å². The molecule has 1 unspecified atom stereocenters. The number of benzene rings is 2. The van der Waals surface area contributed by atoms with Crippen molar-refractivity contribution in [2.24, 2.45) is 0 Å². The Labute approximate surface area is 160 Å². The third kappa shape index (κ3) is 5.17. The number of nitrogens with zero attached hydrogens (tertiary/aromatic N) is 1. The molecule has 3 rings (SSSR count). The SMILES string of the molecule is CCOc1ccc(-c2ccc(CC(C)NC(=O)c3ccncc3)cc2)cc1. The summed E-state index contributed by atoms with van der Waals surface area (Å²) < 4.78 is 5.49. The van der Waals surface area contributed by atoms with E-state index in [0.717, 1.165) is 23.3 Å². The molecule has 0 spiro atoms. The van der Waals surface area contributed by atoms with E-state index in [-0.39, 0.29) is 11.9 Å². The normalized spacial score (nSPS) is 11.6. The van der Waals surface area contributed by atoms with Gasteiger partial charge in [0.1, 0.15) is 5.75 Å². The summed E-state index contributed by atoms with van der Waals surface area (Å²) in [6, 6.07) is 20.0. The molecule has 4 heteroatoms. The van der Waals surface area contributed by atoms with Crippen LogP contribution in [0.4, 0.5) is 0 Å². The van der Waals surface area contributed by atoms with Crippen molar-refractivity contribution >= 4 is 5.91 Å². The van der Waals surface area contributed by atoms with Gasteiger partial charge in [0.15, 0.2) is 0 Å². The maximum absolute atomic E-state index is 12.2. The summed E-state index contributed by atoms with van der Waals surface area (Å²) in [7, 11) is 0. The Morgan fingerprint density at radius 1 is 0.963 bits per heavy atom. The van der Waals surface area contributed by atoms with Crippen molar-refractivity contribution in [1.29, 1.82) is 0 Å². The summed E-state index contributed by atoms with van der Waals surface area (Å²) >= 11 is 0. The van der Waals surface area contributed by atoms with Gasteiger partial charge in [0.05, 0.1) is 6.61 Å². The highest BCUT2D eigenvalue weighted by Gasteiger charge is 2.10. The van der Waals surface area contributed by atoms with Gasteiger partial charge in [-0.15, -0.1) is 0 Å². The molecule has 0 fully saturated rings. The smallest absolute Gasteiger partial charge is 0.251 e. The Hall–Kier alpha value is -3.14. The van der Waals surface area contributed by atoms with E-state index in [1.807, 2.05) is 26.0 Å². The quantitative estimate of drug-likeness (QED) is 0.674. The molecule has 0 aliphatic heterocycles. The number of nitrogens with one attached hydrogen (secondary N) is 1. The second-order valence-electron chi connectivity index (χ2n) is 6.47. The minimum absolute atomic E-state index is 0.0435. The lowest BCUT2D eigenvalue weighted by molar-refractivity contribution is 0.0940. The molecule has 1 atom stereocenters. The van der Waals surface area contributed by atoms with Gasteiger partial charge in [-0.3, -0.25) is 9.78 Å². The summed E-state index contributed by atoms with van der Waals surface area (Å²) in [5.74, 6) is 0.813. The molecule has 4 nitrogen and oxygen atoms in total. The van der Waals surface area contributed by atoms with Gasteiger partial charge in [-0.25, -0.2) is 0 Å². The number of rotatable bonds is 7. The van der Waals surface area contributed by atoms with Crippen LogP contribution in [0, 0.1) is 0 Å². The first-order chi connectivity index (χ1) is 13.2. The fourth-order valence-corrected chi connectivity index (χ4v) is 2.96. The largest absolute Gasteiger partial charge is 0.494 e. The van der Waals surface area contributed by atoms with E-state index in [9.17, 15) is 4.79 Å². The second kappa shape index (κ2) is 8.99. The maximum atomic E-state index is 12.2. The first kappa shape index (κ1) is 18.6. The molecule has 0 saturated carbocycles. The second-order valence-corrected chi connectivity index (χ2v) is 6.47. The highest BCUT2D eigenvalue weighted by molar-refractivity contribution is 5.94. The average molecular weight is 360 g/mol. The van der Waals surface area contributed by atoms with E-state index in [1.165, 1.54) is 5.56 Å². The Balaban J connectivity index is 1.59. The molecule has 138 valence electrons. The topological polar surface area (TPSA) is 51.2 Å². The van der Waals surface area contributed by atoms with Crippen molar-refractivity contribution in [2.45, 2.75) is 26.3 Å². The van der Waals surface area contributed by atoms with Gasteiger partial charge in [-0.2, -0.15) is 0 Å².